The van der Waals surface area contributed by atoms with Gasteiger partial charge in [-0.15, -0.1) is 0 Å². The summed E-state index contributed by atoms with van der Waals surface area (Å²) >= 11 is 0. The van der Waals surface area contributed by atoms with Gasteiger partial charge in [0.15, 0.2) is 5.75 Å². The second kappa shape index (κ2) is 8.20. The molecule has 1 aromatic rings. The van der Waals surface area contributed by atoms with Gasteiger partial charge in [0.1, 0.15) is 0 Å². The summed E-state index contributed by atoms with van der Waals surface area (Å²) in [6.07, 6.45) is 5.33. The van der Waals surface area contributed by atoms with Crippen molar-refractivity contribution in [1.82, 2.24) is 15.1 Å². The Labute approximate surface area is 117 Å². The van der Waals surface area contributed by atoms with Crippen LogP contribution in [0.2, 0.25) is 0 Å². The van der Waals surface area contributed by atoms with E-state index in [1.54, 1.807) is 7.11 Å². The first-order valence-electron chi connectivity index (χ1n) is 7.52. The van der Waals surface area contributed by atoms with Crippen molar-refractivity contribution in [2.75, 3.05) is 13.7 Å². The fourth-order valence-electron chi connectivity index (χ4n) is 2.65. The van der Waals surface area contributed by atoms with Gasteiger partial charge in [0.2, 0.25) is 0 Å². The van der Waals surface area contributed by atoms with E-state index in [0.29, 0.717) is 12.0 Å². The molecule has 0 radical (unpaired) electrons. The van der Waals surface area contributed by atoms with Crippen LogP contribution in [0.1, 0.15) is 58.7 Å². The minimum absolute atomic E-state index is 0.314. The Hall–Kier alpha value is -1.03. The summed E-state index contributed by atoms with van der Waals surface area (Å²) in [6.45, 7) is 10.8. The molecule has 110 valence electrons. The van der Waals surface area contributed by atoms with Crippen molar-refractivity contribution >= 4 is 0 Å². The molecule has 0 spiro atoms. The van der Waals surface area contributed by atoms with Crippen LogP contribution in [0.3, 0.4) is 0 Å². The molecule has 4 nitrogen and oxygen atoms in total. The number of aromatic nitrogens is 2. The van der Waals surface area contributed by atoms with Gasteiger partial charge in [-0.25, -0.2) is 0 Å². The number of methoxy groups -OCH3 is 1. The van der Waals surface area contributed by atoms with Crippen molar-refractivity contribution in [2.24, 2.45) is 5.92 Å². The Kier molecular flexibility index (Phi) is 6.92. The van der Waals surface area contributed by atoms with E-state index in [0.717, 1.165) is 25.3 Å². The predicted octanol–water partition coefficient (Wildman–Crippen LogP) is 3.39. The van der Waals surface area contributed by atoms with Crippen LogP contribution in [0.4, 0.5) is 0 Å². The zero-order valence-corrected chi connectivity index (χ0v) is 13.1. The molecule has 0 amide bonds. The molecule has 0 fully saturated rings. The second-order valence-electron chi connectivity index (χ2n) is 5.12. The molecule has 2 atom stereocenters. The maximum Gasteiger partial charge on any atom is 0.161 e. The van der Waals surface area contributed by atoms with Crippen molar-refractivity contribution in [3.05, 3.63) is 11.9 Å². The summed E-state index contributed by atoms with van der Waals surface area (Å²) in [4.78, 5) is 0. The summed E-state index contributed by atoms with van der Waals surface area (Å²) in [5, 5.41) is 8.08. The van der Waals surface area contributed by atoms with E-state index in [9.17, 15) is 0 Å². The van der Waals surface area contributed by atoms with Crippen molar-refractivity contribution < 1.29 is 4.74 Å². The molecule has 2 unspecified atom stereocenters. The normalized spacial score (nSPS) is 14.4. The quantitative estimate of drug-likeness (QED) is 0.745. The lowest BCUT2D eigenvalue weighted by atomic mass is 9.93. The van der Waals surface area contributed by atoms with Gasteiger partial charge < -0.3 is 10.1 Å². The monoisotopic (exact) mass is 267 g/mol. The number of hydrogen-bond donors (Lipinski definition) is 1. The van der Waals surface area contributed by atoms with Crippen molar-refractivity contribution in [2.45, 2.75) is 59.5 Å². The minimum Gasteiger partial charge on any atom is -0.493 e. The van der Waals surface area contributed by atoms with E-state index >= 15 is 0 Å². The van der Waals surface area contributed by atoms with Crippen LogP contribution in [0.5, 0.6) is 5.75 Å². The Morgan fingerprint density at radius 2 is 2.05 bits per heavy atom. The van der Waals surface area contributed by atoms with Gasteiger partial charge >= 0.3 is 0 Å². The van der Waals surface area contributed by atoms with E-state index < -0.39 is 0 Å². The molecule has 4 heteroatoms. The van der Waals surface area contributed by atoms with Crippen LogP contribution in [0.25, 0.3) is 0 Å². The van der Waals surface area contributed by atoms with Crippen LogP contribution in [-0.4, -0.2) is 23.4 Å². The zero-order chi connectivity index (χ0) is 14.3. The molecule has 1 heterocycles. The molecule has 0 aliphatic rings. The number of nitrogens with zero attached hydrogens (tertiary/aromatic N) is 2. The van der Waals surface area contributed by atoms with Gasteiger partial charge in [-0.3, -0.25) is 4.68 Å². The number of rotatable bonds is 9. The average molecular weight is 267 g/mol. The highest BCUT2D eigenvalue weighted by molar-refractivity contribution is 5.29. The largest absolute Gasteiger partial charge is 0.493 e. The van der Waals surface area contributed by atoms with Crippen molar-refractivity contribution in [3.8, 4) is 5.75 Å². The molecule has 0 saturated heterocycles. The average Bonchev–Trinajstić information content (AvgIpc) is 2.79. The molecule has 0 aromatic carbocycles. The molecule has 0 aliphatic heterocycles. The summed E-state index contributed by atoms with van der Waals surface area (Å²) in [6, 6.07) is 0.314. The Morgan fingerprint density at radius 3 is 2.58 bits per heavy atom. The van der Waals surface area contributed by atoms with Crippen LogP contribution in [0.15, 0.2) is 6.20 Å². The third-order valence-corrected chi connectivity index (χ3v) is 3.53. The van der Waals surface area contributed by atoms with Crippen LogP contribution in [0, 0.1) is 5.92 Å². The van der Waals surface area contributed by atoms with Crippen LogP contribution >= 0.6 is 0 Å². The first kappa shape index (κ1) is 16.0. The van der Waals surface area contributed by atoms with Gasteiger partial charge in [-0.1, -0.05) is 34.1 Å². The molecule has 0 bridgehead atoms. The van der Waals surface area contributed by atoms with Crippen LogP contribution < -0.4 is 10.1 Å². The molecule has 19 heavy (non-hydrogen) atoms. The Morgan fingerprint density at radius 1 is 1.32 bits per heavy atom. The standard InChI is InChI=1S/C15H29N3O/c1-6-9-12(4)14(16-8-3)15-13(19-5)11-17-18(15)10-7-2/h11-12,14,16H,6-10H2,1-5H3. The van der Waals surface area contributed by atoms with E-state index in [-0.39, 0.29) is 0 Å². The van der Waals surface area contributed by atoms with E-state index in [1.165, 1.54) is 18.5 Å². The number of ether oxygens (including phenoxy) is 1. The highest BCUT2D eigenvalue weighted by Crippen LogP contribution is 2.32. The third kappa shape index (κ3) is 3.96. The number of nitrogens with one attached hydrogen (secondary N) is 1. The Bertz CT molecular complexity index is 362. The third-order valence-electron chi connectivity index (χ3n) is 3.53. The zero-order valence-electron chi connectivity index (χ0n) is 13.1. The molecule has 1 N–H and O–H groups in total. The number of aryl methyl sites for hydroxylation is 1. The van der Waals surface area contributed by atoms with Gasteiger partial charge in [0, 0.05) is 6.54 Å². The highest BCUT2D eigenvalue weighted by Gasteiger charge is 2.25. The molecular weight excluding hydrogens is 238 g/mol. The summed E-state index contributed by atoms with van der Waals surface area (Å²) < 4.78 is 7.60. The maximum absolute atomic E-state index is 5.50. The highest BCUT2D eigenvalue weighted by atomic mass is 16.5. The second-order valence-corrected chi connectivity index (χ2v) is 5.12. The lowest BCUT2D eigenvalue weighted by Crippen LogP contribution is -2.29. The molecule has 1 aromatic heterocycles. The van der Waals surface area contributed by atoms with Gasteiger partial charge in [-0.05, 0) is 25.3 Å². The maximum atomic E-state index is 5.50. The lowest BCUT2D eigenvalue weighted by molar-refractivity contribution is 0.327. The minimum atomic E-state index is 0.314. The number of hydrogen-bond acceptors (Lipinski definition) is 3. The molecule has 0 saturated carbocycles. The lowest BCUT2D eigenvalue weighted by Gasteiger charge is -2.26. The molecule has 1 rings (SSSR count). The summed E-state index contributed by atoms with van der Waals surface area (Å²) in [7, 11) is 1.73. The fraction of sp³-hybridized carbons (Fsp3) is 0.800. The molecule has 0 aliphatic carbocycles. The SMILES string of the molecule is CCCC(C)C(NCC)c1c(OC)cnn1CCC. The van der Waals surface area contributed by atoms with E-state index in [1.807, 2.05) is 6.20 Å². The van der Waals surface area contributed by atoms with E-state index in [4.69, 9.17) is 4.74 Å². The first-order chi connectivity index (χ1) is 9.19. The van der Waals surface area contributed by atoms with Gasteiger partial charge in [0.25, 0.3) is 0 Å². The van der Waals surface area contributed by atoms with Crippen molar-refractivity contribution in [3.63, 3.8) is 0 Å². The summed E-state index contributed by atoms with van der Waals surface area (Å²) in [5.41, 5.74) is 1.20. The molecular formula is C15H29N3O. The van der Waals surface area contributed by atoms with Crippen LogP contribution in [-0.2, 0) is 6.54 Å². The fourth-order valence-corrected chi connectivity index (χ4v) is 2.65. The van der Waals surface area contributed by atoms with Gasteiger partial charge in [0.05, 0.1) is 25.0 Å². The van der Waals surface area contributed by atoms with Gasteiger partial charge in [-0.2, -0.15) is 5.10 Å². The smallest absolute Gasteiger partial charge is 0.161 e. The predicted molar refractivity (Wildman–Crippen MR) is 79.6 cm³/mol. The Balaban J connectivity index is 3.07. The topological polar surface area (TPSA) is 39.1 Å². The first-order valence-corrected chi connectivity index (χ1v) is 7.52. The summed E-state index contributed by atoms with van der Waals surface area (Å²) in [5.74, 6) is 1.48. The van der Waals surface area contributed by atoms with E-state index in [2.05, 4.69) is 42.8 Å². The van der Waals surface area contributed by atoms with Crippen molar-refractivity contribution in [1.29, 1.82) is 0 Å².